The van der Waals surface area contributed by atoms with E-state index in [2.05, 4.69) is 4.52 Å². The number of carbonyl (C=O) groups is 1. The molecule has 0 fully saturated rings. The van der Waals surface area contributed by atoms with Crippen LogP contribution in [0.25, 0.3) is 0 Å². The molecule has 0 spiro atoms. The summed E-state index contributed by atoms with van der Waals surface area (Å²) in [6.45, 7) is 0.321. The Hall–Kier alpha value is -1.90. The van der Waals surface area contributed by atoms with E-state index < -0.39 is 20.0 Å². The van der Waals surface area contributed by atoms with E-state index in [0.29, 0.717) is 11.1 Å². The van der Waals surface area contributed by atoms with Crippen LogP contribution in [-0.4, -0.2) is 71.7 Å². The number of hydrogen-bond acceptors (Lipinski definition) is 5. The fourth-order valence-corrected chi connectivity index (χ4v) is 3.35. The molecule has 0 aliphatic heterocycles. The summed E-state index contributed by atoms with van der Waals surface area (Å²) in [6.07, 6.45) is -1.73. The Labute approximate surface area is 176 Å². The molecule has 8 nitrogen and oxygen atoms in total. The molecule has 0 aliphatic carbocycles. The van der Waals surface area contributed by atoms with E-state index in [9.17, 15) is 14.5 Å². The smallest absolute Gasteiger partial charge is 0.385 e. The number of hydrogen-bond donors (Lipinski definition) is 3. The molecule has 0 bridgehead atoms. The summed E-state index contributed by atoms with van der Waals surface area (Å²) in [5.41, 5.74) is 1.22. The van der Waals surface area contributed by atoms with Gasteiger partial charge in [-0.2, -0.15) is 0 Å². The van der Waals surface area contributed by atoms with Crippen molar-refractivity contribution in [2.75, 3.05) is 40.4 Å². The normalized spacial score (nSPS) is 14.3. The van der Waals surface area contributed by atoms with Crippen molar-refractivity contribution in [2.45, 2.75) is 12.2 Å². The van der Waals surface area contributed by atoms with Crippen LogP contribution in [0.2, 0.25) is 0 Å². The van der Waals surface area contributed by atoms with Gasteiger partial charge in [-0.05, 0) is 5.56 Å². The van der Waals surface area contributed by atoms with Gasteiger partial charge in [-0.1, -0.05) is 60.7 Å². The first-order valence-electron chi connectivity index (χ1n) is 9.53. The van der Waals surface area contributed by atoms with E-state index in [-0.39, 0.29) is 36.6 Å². The Morgan fingerprint density at radius 3 is 2.17 bits per heavy atom. The number of Topliss-reactive ketones (excluding diaryl/α,β-unsaturated/α-hetero) is 1. The van der Waals surface area contributed by atoms with Crippen LogP contribution in [0.3, 0.4) is 0 Å². The minimum atomic E-state index is -4.52. The van der Waals surface area contributed by atoms with Gasteiger partial charge < -0.3 is 24.1 Å². The Bertz CT molecular complexity index is 839. The number of phosphoric acid groups is 1. The average Bonchev–Trinajstić information content (AvgIpc) is 2.68. The number of likely N-dealkylation sites (N-methyl/N-ethyl adjacent to an activating group) is 1. The van der Waals surface area contributed by atoms with Crippen LogP contribution in [0.15, 0.2) is 60.7 Å². The molecular formula is C21H29NO7P+. The molecule has 30 heavy (non-hydrogen) atoms. The van der Waals surface area contributed by atoms with Gasteiger partial charge in [0.2, 0.25) is 0 Å². The number of ketones is 1. The summed E-state index contributed by atoms with van der Waals surface area (Å²) in [6, 6.07) is 17.9. The van der Waals surface area contributed by atoms with Gasteiger partial charge in [0.05, 0.1) is 20.7 Å². The number of nitrogens with zero attached hydrogens (tertiary/aromatic N) is 1. The molecule has 0 radical (unpaired) electrons. The lowest BCUT2D eigenvalue weighted by Gasteiger charge is -2.32. The monoisotopic (exact) mass is 438 g/mol. The second kappa shape index (κ2) is 10.9. The molecule has 164 valence electrons. The molecule has 0 aliphatic rings. The van der Waals surface area contributed by atoms with Crippen molar-refractivity contribution in [2.24, 2.45) is 0 Å². The zero-order valence-corrected chi connectivity index (χ0v) is 18.0. The lowest BCUT2D eigenvalue weighted by molar-refractivity contribution is -0.893. The van der Waals surface area contributed by atoms with Gasteiger partial charge in [0.25, 0.3) is 0 Å². The summed E-state index contributed by atoms with van der Waals surface area (Å²) in [7, 11) is -0.918. The maximum atomic E-state index is 13.0. The van der Waals surface area contributed by atoms with E-state index in [1.807, 2.05) is 24.3 Å². The molecule has 0 heterocycles. The van der Waals surface area contributed by atoms with Crippen molar-refractivity contribution in [3.05, 3.63) is 71.8 Å². The minimum Gasteiger partial charge on any atom is -0.385 e. The zero-order valence-electron chi connectivity index (χ0n) is 17.1. The summed E-state index contributed by atoms with van der Waals surface area (Å²) < 4.78 is 21.4. The second-order valence-corrected chi connectivity index (χ2v) is 8.91. The molecule has 2 aromatic rings. The summed E-state index contributed by atoms with van der Waals surface area (Å²) in [5.74, 6) is -0.196. The molecule has 0 amide bonds. The Morgan fingerprint density at radius 2 is 1.60 bits per heavy atom. The molecule has 9 heteroatoms. The number of quaternary nitrogens is 1. The molecule has 2 unspecified atom stereocenters. The molecular weight excluding hydrogens is 409 g/mol. The quantitative estimate of drug-likeness (QED) is 0.264. The van der Waals surface area contributed by atoms with Gasteiger partial charge in [0, 0.05) is 5.56 Å². The third-order valence-electron chi connectivity index (χ3n) is 4.52. The first-order valence-corrected chi connectivity index (χ1v) is 11.1. The van der Waals surface area contributed by atoms with Gasteiger partial charge >= 0.3 is 7.82 Å². The number of phosphoric ester groups is 1. The number of benzene rings is 2. The third-order valence-corrected chi connectivity index (χ3v) is 5.03. The van der Waals surface area contributed by atoms with Gasteiger partial charge in [0.1, 0.15) is 31.9 Å². The molecule has 0 saturated carbocycles. The predicted molar refractivity (Wildman–Crippen MR) is 112 cm³/mol. The molecule has 2 aromatic carbocycles. The standard InChI is InChI=1S/C21H28NO7P/c1-22(2,13-14-29-30(25,26)27)15-19(23)16-28-21(18-11-7-4-8-12-18)20(24)17-9-5-3-6-10-17/h3-12,19,21,23H,13-16H2,1-2H3,(H-,25,26,27)/p+1. The maximum Gasteiger partial charge on any atom is 0.469 e. The first-order chi connectivity index (χ1) is 14.1. The molecule has 0 saturated heterocycles. The zero-order chi connectivity index (χ0) is 22.2. The van der Waals surface area contributed by atoms with Crippen molar-refractivity contribution in [3.63, 3.8) is 0 Å². The first kappa shape index (κ1) is 24.4. The van der Waals surface area contributed by atoms with E-state index in [0.717, 1.165) is 0 Å². The van der Waals surface area contributed by atoms with E-state index in [1.54, 1.807) is 50.5 Å². The van der Waals surface area contributed by atoms with Gasteiger partial charge in [-0.3, -0.25) is 9.32 Å². The molecule has 0 aromatic heterocycles. The molecule has 2 atom stereocenters. The number of aliphatic hydroxyl groups is 1. The summed E-state index contributed by atoms with van der Waals surface area (Å²) >= 11 is 0. The topological polar surface area (TPSA) is 113 Å². The molecule has 2 rings (SSSR count). The Kier molecular flexibility index (Phi) is 8.88. The van der Waals surface area contributed by atoms with Crippen LogP contribution in [0.1, 0.15) is 22.0 Å². The van der Waals surface area contributed by atoms with Gasteiger partial charge in [0.15, 0.2) is 5.78 Å². The lowest BCUT2D eigenvalue weighted by atomic mass is 10.00. The minimum absolute atomic E-state index is 0.0703. The Balaban J connectivity index is 1.99. The average molecular weight is 438 g/mol. The highest BCUT2D eigenvalue weighted by Gasteiger charge is 2.27. The number of carbonyl (C=O) groups excluding carboxylic acids is 1. The fourth-order valence-electron chi connectivity index (χ4n) is 3.03. The maximum absolute atomic E-state index is 13.0. The van der Waals surface area contributed by atoms with Crippen LogP contribution >= 0.6 is 7.82 Å². The highest BCUT2D eigenvalue weighted by atomic mass is 31.2. The van der Waals surface area contributed by atoms with Crippen LogP contribution < -0.4 is 0 Å². The highest BCUT2D eigenvalue weighted by Crippen LogP contribution is 2.35. The molecule has 3 N–H and O–H groups in total. The lowest BCUT2D eigenvalue weighted by Crippen LogP contribution is -2.48. The number of ether oxygens (including phenoxy) is 1. The van der Waals surface area contributed by atoms with Crippen LogP contribution in [0.5, 0.6) is 0 Å². The van der Waals surface area contributed by atoms with Crippen LogP contribution in [-0.2, 0) is 13.8 Å². The summed E-state index contributed by atoms with van der Waals surface area (Å²) in [5, 5.41) is 10.4. The van der Waals surface area contributed by atoms with Crippen molar-refractivity contribution < 1.29 is 38.0 Å². The van der Waals surface area contributed by atoms with Crippen molar-refractivity contribution in [1.29, 1.82) is 0 Å². The van der Waals surface area contributed by atoms with Crippen molar-refractivity contribution in [1.82, 2.24) is 0 Å². The van der Waals surface area contributed by atoms with E-state index in [4.69, 9.17) is 14.5 Å². The van der Waals surface area contributed by atoms with Gasteiger partial charge in [-0.15, -0.1) is 0 Å². The van der Waals surface area contributed by atoms with E-state index >= 15 is 0 Å². The predicted octanol–water partition coefficient (Wildman–Crippen LogP) is 2.17. The highest BCUT2D eigenvalue weighted by molar-refractivity contribution is 7.46. The van der Waals surface area contributed by atoms with Crippen molar-refractivity contribution in [3.8, 4) is 0 Å². The van der Waals surface area contributed by atoms with Gasteiger partial charge in [-0.25, -0.2) is 4.57 Å². The number of aliphatic hydroxyl groups excluding tert-OH is 1. The SMILES string of the molecule is C[N+](C)(CCOP(=O)(O)O)CC(O)COC(C(=O)c1ccccc1)c1ccccc1. The van der Waals surface area contributed by atoms with Crippen LogP contribution in [0, 0.1) is 0 Å². The summed E-state index contributed by atoms with van der Waals surface area (Å²) in [4.78, 5) is 30.5. The van der Waals surface area contributed by atoms with E-state index in [1.165, 1.54) is 0 Å². The number of rotatable bonds is 12. The fraction of sp³-hybridized carbons (Fsp3) is 0.381. The Morgan fingerprint density at radius 1 is 1.03 bits per heavy atom. The largest absolute Gasteiger partial charge is 0.469 e. The second-order valence-electron chi connectivity index (χ2n) is 7.67. The third kappa shape index (κ3) is 8.45. The van der Waals surface area contributed by atoms with Crippen molar-refractivity contribution >= 4 is 13.6 Å². The van der Waals surface area contributed by atoms with Crippen LogP contribution in [0.4, 0.5) is 0 Å².